The summed E-state index contributed by atoms with van der Waals surface area (Å²) in [5.41, 5.74) is 7.37. The number of nitrogen functional groups attached to an aromatic ring is 1. The third kappa shape index (κ3) is 3.46. The summed E-state index contributed by atoms with van der Waals surface area (Å²) in [4.78, 5) is 12.2. The minimum Gasteiger partial charge on any atom is -0.496 e. The predicted molar refractivity (Wildman–Crippen MR) is 86.1 cm³/mol. The molecule has 2 aromatic rings. The van der Waals surface area contributed by atoms with Crippen molar-refractivity contribution in [3.8, 4) is 11.5 Å². The largest absolute Gasteiger partial charge is 0.496 e. The van der Waals surface area contributed by atoms with Crippen LogP contribution in [0.15, 0.2) is 40.9 Å². The molecule has 0 unspecified atom stereocenters. The third-order valence-electron chi connectivity index (χ3n) is 2.91. The molecule has 0 saturated carbocycles. The molecule has 0 aliphatic heterocycles. The van der Waals surface area contributed by atoms with Crippen molar-refractivity contribution in [1.82, 2.24) is 0 Å². The van der Waals surface area contributed by atoms with Crippen molar-refractivity contribution in [2.75, 3.05) is 25.3 Å². The normalized spacial score (nSPS) is 10.0. The molecule has 0 atom stereocenters. The Morgan fingerprint density at radius 2 is 1.81 bits per heavy atom. The average molecular weight is 351 g/mol. The summed E-state index contributed by atoms with van der Waals surface area (Å²) in [7, 11) is 3.10. The zero-order valence-electron chi connectivity index (χ0n) is 11.6. The summed E-state index contributed by atoms with van der Waals surface area (Å²) in [6, 6.07) is 10.2. The second kappa shape index (κ2) is 6.49. The van der Waals surface area contributed by atoms with E-state index in [0.29, 0.717) is 32.9 Å². The van der Waals surface area contributed by atoms with Gasteiger partial charge in [-0.15, -0.1) is 0 Å². The number of hydrogen-bond donors (Lipinski definition) is 2. The predicted octanol–water partition coefficient (Wildman–Crippen LogP) is 3.30. The molecule has 3 N–H and O–H groups in total. The lowest BCUT2D eigenvalue weighted by Gasteiger charge is -2.10. The fraction of sp³-hybridized carbons (Fsp3) is 0.133. The second-order valence-corrected chi connectivity index (χ2v) is 5.11. The Bertz CT molecular complexity index is 674. The Kier molecular flexibility index (Phi) is 4.70. The van der Waals surface area contributed by atoms with Crippen molar-refractivity contribution in [3.05, 3.63) is 46.4 Å². The van der Waals surface area contributed by atoms with Crippen LogP contribution in [0.25, 0.3) is 0 Å². The molecule has 110 valence electrons. The molecule has 0 aliphatic carbocycles. The lowest BCUT2D eigenvalue weighted by Crippen LogP contribution is -2.12. The summed E-state index contributed by atoms with van der Waals surface area (Å²) in [6.45, 7) is 0. The second-order valence-electron chi connectivity index (χ2n) is 4.26. The highest BCUT2D eigenvalue weighted by Gasteiger charge is 2.10. The molecule has 1 amide bonds. The van der Waals surface area contributed by atoms with Gasteiger partial charge in [0, 0.05) is 17.3 Å². The number of carbonyl (C=O) groups excluding carboxylic acids is 1. The monoisotopic (exact) mass is 350 g/mol. The first kappa shape index (κ1) is 15.2. The molecule has 2 rings (SSSR count). The molecular formula is C15H15BrN2O3. The highest BCUT2D eigenvalue weighted by atomic mass is 79.9. The van der Waals surface area contributed by atoms with Gasteiger partial charge < -0.3 is 20.5 Å². The molecule has 21 heavy (non-hydrogen) atoms. The Balaban J connectivity index is 2.19. The van der Waals surface area contributed by atoms with Crippen molar-refractivity contribution in [1.29, 1.82) is 0 Å². The maximum absolute atomic E-state index is 12.2. The average Bonchev–Trinajstić information content (AvgIpc) is 2.49. The van der Waals surface area contributed by atoms with Crippen molar-refractivity contribution >= 4 is 33.2 Å². The van der Waals surface area contributed by atoms with E-state index >= 15 is 0 Å². The van der Waals surface area contributed by atoms with Gasteiger partial charge >= 0.3 is 0 Å². The number of amides is 1. The van der Waals surface area contributed by atoms with Crippen molar-refractivity contribution < 1.29 is 14.3 Å². The van der Waals surface area contributed by atoms with Gasteiger partial charge in [-0.25, -0.2) is 0 Å². The lowest BCUT2D eigenvalue weighted by molar-refractivity contribution is 0.102. The van der Waals surface area contributed by atoms with E-state index in [1.807, 2.05) is 0 Å². The van der Waals surface area contributed by atoms with E-state index in [-0.39, 0.29) is 5.91 Å². The van der Waals surface area contributed by atoms with Crippen LogP contribution < -0.4 is 20.5 Å². The summed E-state index contributed by atoms with van der Waals surface area (Å²) in [5.74, 6) is 0.953. The van der Waals surface area contributed by atoms with Gasteiger partial charge in [0.15, 0.2) is 0 Å². The van der Waals surface area contributed by atoms with Crippen molar-refractivity contribution in [2.24, 2.45) is 0 Å². The molecule has 0 heterocycles. The van der Waals surface area contributed by atoms with Crippen LogP contribution in [0.2, 0.25) is 0 Å². The molecule has 6 heteroatoms. The Morgan fingerprint density at radius 3 is 2.43 bits per heavy atom. The molecule has 0 aromatic heterocycles. The summed E-state index contributed by atoms with van der Waals surface area (Å²) in [5, 5.41) is 2.79. The van der Waals surface area contributed by atoms with Crippen LogP contribution in [0.4, 0.5) is 11.4 Å². The zero-order chi connectivity index (χ0) is 15.4. The number of anilines is 2. The van der Waals surface area contributed by atoms with Crippen LogP contribution in [0.5, 0.6) is 11.5 Å². The SMILES string of the molecule is COc1cc(NC(=O)c2ccc(OC)c(Br)c2)ccc1N. The van der Waals surface area contributed by atoms with E-state index < -0.39 is 0 Å². The maximum atomic E-state index is 12.2. The van der Waals surface area contributed by atoms with Crippen molar-refractivity contribution in [2.45, 2.75) is 0 Å². The van der Waals surface area contributed by atoms with Crippen LogP contribution in [0.1, 0.15) is 10.4 Å². The minimum absolute atomic E-state index is 0.231. The van der Waals surface area contributed by atoms with Gasteiger partial charge in [0.25, 0.3) is 5.91 Å². The van der Waals surface area contributed by atoms with E-state index in [1.54, 1.807) is 43.5 Å². The van der Waals surface area contributed by atoms with E-state index in [1.165, 1.54) is 7.11 Å². The molecule has 0 aliphatic rings. The Hall–Kier alpha value is -2.21. The van der Waals surface area contributed by atoms with Crippen LogP contribution >= 0.6 is 15.9 Å². The van der Waals surface area contributed by atoms with Crippen LogP contribution in [0, 0.1) is 0 Å². The number of methoxy groups -OCH3 is 2. The Morgan fingerprint density at radius 1 is 1.10 bits per heavy atom. The van der Waals surface area contributed by atoms with Crippen LogP contribution in [-0.2, 0) is 0 Å². The van der Waals surface area contributed by atoms with Gasteiger partial charge in [-0.2, -0.15) is 0 Å². The summed E-state index contributed by atoms with van der Waals surface area (Å²) < 4.78 is 11.0. The number of ether oxygens (including phenoxy) is 2. The number of halogens is 1. The minimum atomic E-state index is -0.231. The van der Waals surface area contributed by atoms with Gasteiger partial charge in [-0.3, -0.25) is 4.79 Å². The fourth-order valence-corrected chi connectivity index (χ4v) is 2.34. The number of benzene rings is 2. The quantitative estimate of drug-likeness (QED) is 0.829. The first-order valence-corrected chi connectivity index (χ1v) is 6.93. The molecule has 0 fully saturated rings. The number of carbonyl (C=O) groups is 1. The van der Waals surface area contributed by atoms with Crippen LogP contribution in [0.3, 0.4) is 0 Å². The molecule has 5 nitrogen and oxygen atoms in total. The van der Waals surface area contributed by atoms with E-state index in [2.05, 4.69) is 21.2 Å². The van der Waals surface area contributed by atoms with Gasteiger partial charge in [0.2, 0.25) is 0 Å². The topological polar surface area (TPSA) is 73.6 Å². The smallest absolute Gasteiger partial charge is 0.255 e. The summed E-state index contributed by atoms with van der Waals surface area (Å²) >= 11 is 3.35. The standard InChI is InChI=1S/C15H15BrN2O3/c1-20-13-6-3-9(7-11(13)16)15(19)18-10-4-5-12(17)14(8-10)21-2/h3-8H,17H2,1-2H3,(H,18,19). The number of nitrogens with one attached hydrogen (secondary N) is 1. The van der Waals surface area contributed by atoms with Crippen LogP contribution in [-0.4, -0.2) is 20.1 Å². The molecule has 2 aromatic carbocycles. The van der Waals surface area contributed by atoms with E-state index in [9.17, 15) is 4.79 Å². The fourth-order valence-electron chi connectivity index (χ4n) is 1.80. The molecular weight excluding hydrogens is 336 g/mol. The van der Waals surface area contributed by atoms with Gasteiger partial charge in [0.1, 0.15) is 11.5 Å². The molecule has 0 bridgehead atoms. The van der Waals surface area contributed by atoms with Gasteiger partial charge in [-0.05, 0) is 46.3 Å². The molecule has 0 radical (unpaired) electrons. The zero-order valence-corrected chi connectivity index (χ0v) is 13.2. The molecule has 0 spiro atoms. The summed E-state index contributed by atoms with van der Waals surface area (Å²) in [6.07, 6.45) is 0. The van der Waals surface area contributed by atoms with Crippen molar-refractivity contribution in [3.63, 3.8) is 0 Å². The van der Waals surface area contributed by atoms with Gasteiger partial charge in [-0.1, -0.05) is 0 Å². The first-order chi connectivity index (χ1) is 10.0. The number of nitrogens with two attached hydrogens (primary N) is 1. The first-order valence-electron chi connectivity index (χ1n) is 6.13. The maximum Gasteiger partial charge on any atom is 0.255 e. The lowest BCUT2D eigenvalue weighted by atomic mass is 10.2. The number of hydrogen-bond acceptors (Lipinski definition) is 4. The van der Waals surface area contributed by atoms with E-state index in [0.717, 1.165) is 0 Å². The van der Waals surface area contributed by atoms with Gasteiger partial charge in [0.05, 0.1) is 24.4 Å². The molecule has 0 saturated heterocycles. The highest BCUT2D eigenvalue weighted by Crippen LogP contribution is 2.27. The Labute approximate surface area is 131 Å². The highest BCUT2D eigenvalue weighted by molar-refractivity contribution is 9.10. The number of rotatable bonds is 4. The third-order valence-corrected chi connectivity index (χ3v) is 3.53. The van der Waals surface area contributed by atoms with E-state index in [4.69, 9.17) is 15.2 Å².